The van der Waals surface area contributed by atoms with Crippen LogP contribution in [0.1, 0.15) is 18.4 Å². The third-order valence-electron chi connectivity index (χ3n) is 2.65. The van der Waals surface area contributed by atoms with Crippen LogP contribution in [0.2, 0.25) is 0 Å². The molecule has 16 heavy (non-hydrogen) atoms. The second kappa shape index (κ2) is 4.78. The summed E-state index contributed by atoms with van der Waals surface area (Å²) in [7, 11) is 0. The Balaban J connectivity index is 2.22. The minimum atomic E-state index is 0.0794. The van der Waals surface area contributed by atoms with Crippen LogP contribution >= 0.6 is 11.8 Å². The van der Waals surface area contributed by atoms with E-state index in [1.807, 2.05) is 24.5 Å². The molecule has 0 aliphatic heterocycles. The molecule has 1 aromatic carbocycles. The Labute approximate surface area is 99.9 Å². The van der Waals surface area contributed by atoms with Crippen LogP contribution in [-0.2, 0) is 0 Å². The third kappa shape index (κ3) is 2.50. The molecule has 1 aliphatic rings. The lowest BCUT2D eigenvalue weighted by Crippen LogP contribution is -2.15. The van der Waals surface area contributed by atoms with Crippen molar-refractivity contribution in [1.82, 2.24) is 0 Å². The maximum absolute atomic E-state index is 7.61. The van der Waals surface area contributed by atoms with E-state index >= 15 is 0 Å². The lowest BCUT2D eigenvalue weighted by atomic mass is 10.2. The minimum Gasteiger partial charge on any atom is -0.492 e. The van der Waals surface area contributed by atoms with Crippen LogP contribution in [0.5, 0.6) is 5.75 Å². The fraction of sp³-hybridized carbons (Fsp3) is 0.417. The number of hydrogen-bond acceptors (Lipinski definition) is 3. The molecule has 1 aliphatic carbocycles. The number of nitrogens with two attached hydrogens (primary N) is 1. The van der Waals surface area contributed by atoms with Crippen molar-refractivity contribution in [2.45, 2.75) is 17.7 Å². The van der Waals surface area contributed by atoms with E-state index in [0.29, 0.717) is 5.92 Å². The third-order valence-corrected chi connectivity index (χ3v) is 3.43. The van der Waals surface area contributed by atoms with Gasteiger partial charge in [-0.3, -0.25) is 5.41 Å². The first-order valence-electron chi connectivity index (χ1n) is 5.36. The van der Waals surface area contributed by atoms with Crippen molar-refractivity contribution in [1.29, 1.82) is 5.41 Å². The summed E-state index contributed by atoms with van der Waals surface area (Å²) in [6.45, 7) is 0.748. The Bertz CT molecular complexity index is 402. The predicted octanol–water partition coefficient (Wildman–Crippen LogP) is 2.48. The molecule has 4 heteroatoms. The summed E-state index contributed by atoms with van der Waals surface area (Å²) in [4.78, 5) is 1.00. The van der Waals surface area contributed by atoms with E-state index < -0.39 is 0 Å². The largest absolute Gasteiger partial charge is 0.492 e. The number of nitrogen functional groups attached to an aromatic ring is 1. The van der Waals surface area contributed by atoms with E-state index in [9.17, 15) is 0 Å². The van der Waals surface area contributed by atoms with Gasteiger partial charge in [0, 0.05) is 4.90 Å². The molecule has 3 nitrogen and oxygen atoms in total. The highest BCUT2D eigenvalue weighted by atomic mass is 32.2. The molecular weight excluding hydrogens is 220 g/mol. The Kier molecular flexibility index (Phi) is 3.39. The lowest BCUT2D eigenvalue weighted by molar-refractivity contribution is 0.298. The van der Waals surface area contributed by atoms with Crippen LogP contribution in [0, 0.1) is 11.3 Å². The monoisotopic (exact) mass is 236 g/mol. The van der Waals surface area contributed by atoms with E-state index in [1.165, 1.54) is 12.8 Å². The van der Waals surface area contributed by atoms with Crippen LogP contribution in [0.15, 0.2) is 23.1 Å². The normalized spacial score (nSPS) is 14.8. The summed E-state index contributed by atoms with van der Waals surface area (Å²) >= 11 is 1.59. The topological polar surface area (TPSA) is 59.1 Å². The summed E-state index contributed by atoms with van der Waals surface area (Å²) in [6.07, 6.45) is 4.50. The van der Waals surface area contributed by atoms with Crippen molar-refractivity contribution < 1.29 is 4.74 Å². The molecule has 0 radical (unpaired) electrons. The van der Waals surface area contributed by atoms with Gasteiger partial charge < -0.3 is 10.5 Å². The van der Waals surface area contributed by atoms with Crippen LogP contribution in [0.4, 0.5) is 0 Å². The SMILES string of the molecule is CSc1cccc(OCC2CC2)c1C(=N)N. The molecule has 0 unspecified atom stereocenters. The molecule has 0 bridgehead atoms. The number of amidine groups is 1. The molecule has 0 aromatic heterocycles. The van der Waals surface area contributed by atoms with Crippen molar-refractivity contribution >= 4 is 17.6 Å². The van der Waals surface area contributed by atoms with Crippen molar-refractivity contribution in [2.24, 2.45) is 11.7 Å². The van der Waals surface area contributed by atoms with Crippen LogP contribution in [0.3, 0.4) is 0 Å². The lowest BCUT2D eigenvalue weighted by Gasteiger charge is -2.13. The Morgan fingerprint density at radius 1 is 1.56 bits per heavy atom. The zero-order valence-corrected chi connectivity index (χ0v) is 10.1. The number of hydrogen-bond donors (Lipinski definition) is 2. The maximum Gasteiger partial charge on any atom is 0.131 e. The second-order valence-corrected chi connectivity index (χ2v) is 4.85. The summed E-state index contributed by atoms with van der Waals surface area (Å²) in [5.74, 6) is 1.53. The van der Waals surface area contributed by atoms with E-state index in [2.05, 4.69) is 0 Å². The van der Waals surface area contributed by atoms with E-state index in [-0.39, 0.29) is 5.84 Å². The fourth-order valence-corrected chi connectivity index (χ4v) is 2.19. The van der Waals surface area contributed by atoms with E-state index in [1.54, 1.807) is 11.8 Å². The molecule has 0 saturated heterocycles. The summed E-state index contributed by atoms with van der Waals surface area (Å²) in [5, 5.41) is 7.61. The van der Waals surface area contributed by atoms with Gasteiger partial charge in [-0.2, -0.15) is 0 Å². The van der Waals surface area contributed by atoms with Gasteiger partial charge in [-0.25, -0.2) is 0 Å². The highest BCUT2D eigenvalue weighted by Crippen LogP contribution is 2.32. The highest BCUT2D eigenvalue weighted by Gasteiger charge is 2.23. The molecule has 2 rings (SSSR count). The molecule has 0 heterocycles. The van der Waals surface area contributed by atoms with Gasteiger partial charge in [-0.15, -0.1) is 11.8 Å². The van der Waals surface area contributed by atoms with Crippen molar-refractivity contribution in [3.8, 4) is 5.75 Å². The molecular formula is C12H16N2OS. The molecule has 0 atom stereocenters. The Morgan fingerprint density at radius 2 is 2.31 bits per heavy atom. The van der Waals surface area contributed by atoms with E-state index in [4.69, 9.17) is 15.9 Å². The summed E-state index contributed by atoms with van der Waals surface area (Å²) in [5.41, 5.74) is 6.34. The summed E-state index contributed by atoms with van der Waals surface area (Å²) < 4.78 is 5.73. The Hall–Kier alpha value is -1.16. The van der Waals surface area contributed by atoms with Crippen LogP contribution in [-0.4, -0.2) is 18.7 Å². The molecule has 0 spiro atoms. The molecule has 3 N–H and O–H groups in total. The molecule has 0 amide bonds. The first-order chi connectivity index (χ1) is 7.72. The van der Waals surface area contributed by atoms with Gasteiger partial charge in [0.2, 0.25) is 0 Å². The van der Waals surface area contributed by atoms with Crippen molar-refractivity contribution in [3.05, 3.63) is 23.8 Å². The van der Waals surface area contributed by atoms with E-state index in [0.717, 1.165) is 22.8 Å². The second-order valence-electron chi connectivity index (χ2n) is 4.00. The highest BCUT2D eigenvalue weighted by molar-refractivity contribution is 7.98. The van der Waals surface area contributed by atoms with Gasteiger partial charge in [0.15, 0.2) is 0 Å². The minimum absolute atomic E-state index is 0.0794. The number of nitrogens with one attached hydrogen (secondary N) is 1. The fourth-order valence-electron chi connectivity index (χ4n) is 1.56. The molecule has 86 valence electrons. The van der Waals surface area contributed by atoms with Gasteiger partial charge in [0.05, 0.1) is 12.2 Å². The zero-order valence-electron chi connectivity index (χ0n) is 9.32. The number of thioether (sulfide) groups is 1. The number of benzene rings is 1. The van der Waals surface area contributed by atoms with Gasteiger partial charge in [0.1, 0.15) is 11.6 Å². The Morgan fingerprint density at radius 3 is 2.88 bits per heavy atom. The van der Waals surface area contributed by atoms with Gasteiger partial charge >= 0.3 is 0 Å². The first kappa shape index (κ1) is 11.3. The molecule has 1 aromatic rings. The zero-order chi connectivity index (χ0) is 11.5. The number of ether oxygens (including phenoxy) is 1. The van der Waals surface area contributed by atoms with Crippen LogP contribution < -0.4 is 10.5 Å². The molecule has 1 saturated carbocycles. The standard InChI is InChI=1S/C12H16N2OS/c1-16-10-4-2-3-9(11(10)12(13)14)15-7-8-5-6-8/h2-4,8H,5-7H2,1H3,(H3,13,14). The molecule has 1 fully saturated rings. The maximum atomic E-state index is 7.61. The first-order valence-corrected chi connectivity index (χ1v) is 6.59. The van der Waals surface area contributed by atoms with Gasteiger partial charge in [0.25, 0.3) is 0 Å². The predicted molar refractivity (Wildman–Crippen MR) is 67.5 cm³/mol. The van der Waals surface area contributed by atoms with Gasteiger partial charge in [-0.1, -0.05) is 6.07 Å². The quantitative estimate of drug-likeness (QED) is 0.469. The van der Waals surface area contributed by atoms with Gasteiger partial charge in [-0.05, 0) is 37.1 Å². The van der Waals surface area contributed by atoms with Crippen LogP contribution in [0.25, 0.3) is 0 Å². The van der Waals surface area contributed by atoms with Crippen molar-refractivity contribution in [2.75, 3.05) is 12.9 Å². The van der Waals surface area contributed by atoms with Crippen molar-refractivity contribution in [3.63, 3.8) is 0 Å². The average Bonchev–Trinajstić information content (AvgIpc) is 3.09. The summed E-state index contributed by atoms with van der Waals surface area (Å²) in [6, 6.07) is 5.80. The average molecular weight is 236 g/mol. The number of rotatable bonds is 5. The smallest absolute Gasteiger partial charge is 0.131 e.